The highest BCUT2D eigenvalue weighted by Gasteiger charge is 2.39. The SMILES string of the molecule is CCCCCCCCCCCCCC[C@H](OCOC)[C@@H]1CC[C@@H]([C@@H]2CC[C@@H](COCc3ccccc3)O2)O1. The molecule has 218 valence electrons. The molecule has 5 atom stereocenters. The molecule has 5 heteroatoms. The van der Waals surface area contributed by atoms with Gasteiger partial charge in [0.25, 0.3) is 0 Å². The molecule has 0 saturated carbocycles. The van der Waals surface area contributed by atoms with Crippen molar-refractivity contribution in [1.82, 2.24) is 0 Å². The van der Waals surface area contributed by atoms with Crippen molar-refractivity contribution in [3.8, 4) is 0 Å². The number of hydrogen-bond acceptors (Lipinski definition) is 5. The van der Waals surface area contributed by atoms with Crippen LogP contribution in [0.3, 0.4) is 0 Å². The molecule has 0 spiro atoms. The summed E-state index contributed by atoms with van der Waals surface area (Å²) in [5.41, 5.74) is 1.21. The maximum absolute atomic E-state index is 6.54. The molecule has 3 rings (SSSR count). The molecule has 0 amide bonds. The van der Waals surface area contributed by atoms with Gasteiger partial charge in [0.15, 0.2) is 0 Å². The van der Waals surface area contributed by atoms with E-state index in [4.69, 9.17) is 23.7 Å². The molecule has 0 N–H and O–H groups in total. The molecular weight excluding hydrogens is 476 g/mol. The summed E-state index contributed by atoms with van der Waals surface area (Å²) in [6.45, 7) is 3.92. The largest absolute Gasteiger partial charge is 0.374 e. The van der Waals surface area contributed by atoms with Crippen LogP contribution in [-0.2, 0) is 30.3 Å². The van der Waals surface area contributed by atoms with Gasteiger partial charge >= 0.3 is 0 Å². The number of methoxy groups -OCH3 is 1. The Morgan fingerprint density at radius 2 is 1.39 bits per heavy atom. The number of unbranched alkanes of at least 4 members (excludes halogenated alkanes) is 11. The molecule has 0 unspecified atom stereocenters. The van der Waals surface area contributed by atoms with Crippen molar-refractivity contribution in [3.63, 3.8) is 0 Å². The lowest BCUT2D eigenvalue weighted by atomic mass is 10.0. The van der Waals surface area contributed by atoms with E-state index in [0.29, 0.717) is 20.0 Å². The van der Waals surface area contributed by atoms with Crippen molar-refractivity contribution in [2.45, 2.75) is 153 Å². The fraction of sp³-hybridized carbons (Fsp3) is 0.818. The summed E-state index contributed by atoms with van der Waals surface area (Å²) in [5, 5.41) is 0. The summed E-state index contributed by atoms with van der Waals surface area (Å²) in [6, 6.07) is 10.3. The van der Waals surface area contributed by atoms with Crippen LogP contribution < -0.4 is 0 Å². The van der Waals surface area contributed by atoms with E-state index in [1.165, 1.54) is 82.6 Å². The molecule has 1 aromatic rings. The van der Waals surface area contributed by atoms with Gasteiger partial charge < -0.3 is 23.7 Å². The van der Waals surface area contributed by atoms with Crippen LogP contribution in [-0.4, -0.2) is 51.0 Å². The number of rotatable bonds is 22. The molecule has 38 heavy (non-hydrogen) atoms. The van der Waals surface area contributed by atoms with E-state index in [-0.39, 0.29) is 30.5 Å². The third-order valence-electron chi connectivity index (χ3n) is 8.21. The average molecular weight is 533 g/mol. The fourth-order valence-electron chi connectivity index (χ4n) is 5.97. The molecule has 0 aromatic heterocycles. The average Bonchev–Trinajstić information content (AvgIpc) is 3.62. The first-order valence-electron chi connectivity index (χ1n) is 15.8. The van der Waals surface area contributed by atoms with Crippen molar-refractivity contribution in [3.05, 3.63) is 35.9 Å². The Labute approximate surface area is 233 Å². The standard InChI is InChI=1S/C33H56O5/c1-3-4-5-6-7-8-9-10-11-12-13-17-20-30(36-27-34-2)31-23-24-33(38-31)32-22-21-29(37-32)26-35-25-28-18-15-14-16-19-28/h14-16,18-19,29-33H,3-13,17,20-27H2,1-2H3/t29-,30-,31-,32-,33-/m0/s1. The van der Waals surface area contributed by atoms with Gasteiger partial charge in [-0.05, 0) is 37.7 Å². The molecular formula is C33H56O5. The van der Waals surface area contributed by atoms with Crippen LogP contribution in [0.2, 0.25) is 0 Å². The minimum absolute atomic E-state index is 0.120. The number of hydrogen-bond donors (Lipinski definition) is 0. The predicted octanol–water partition coefficient (Wildman–Crippen LogP) is 8.38. The van der Waals surface area contributed by atoms with E-state index >= 15 is 0 Å². The first kappa shape index (κ1) is 31.5. The quantitative estimate of drug-likeness (QED) is 0.111. The molecule has 0 aliphatic carbocycles. The first-order chi connectivity index (χ1) is 18.8. The van der Waals surface area contributed by atoms with Crippen LogP contribution in [0.5, 0.6) is 0 Å². The molecule has 1 aromatic carbocycles. The van der Waals surface area contributed by atoms with Gasteiger partial charge in [-0.15, -0.1) is 0 Å². The molecule has 0 radical (unpaired) electrons. The summed E-state index contributed by atoms with van der Waals surface area (Å²) in [7, 11) is 1.70. The molecule has 2 aliphatic rings. The van der Waals surface area contributed by atoms with E-state index in [1.807, 2.05) is 6.07 Å². The lowest BCUT2D eigenvalue weighted by molar-refractivity contribution is -0.144. The van der Waals surface area contributed by atoms with E-state index in [0.717, 1.165) is 32.1 Å². The second-order valence-electron chi connectivity index (χ2n) is 11.5. The van der Waals surface area contributed by atoms with Crippen LogP contribution >= 0.6 is 0 Å². The second-order valence-corrected chi connectivity index (χ2v) is 11.5. The molecule has 0 bridgehead atoms. The highest BCUT2D eigenvalue weighted by Crippen LogP contribution is 2.34. The number of ether oxygens (including phenoxy) is 5. The second kappa shape index (κ2) is 20.0. The minimum atomic E-state index is 0.120. The third-order valence-corrected chi connectivity index (χ3v) is 8.21. The minimum Gasteiger partial charge on any atom is -0.374 e. The van der Waals surface area contributed by atoms with Crippen molar-refractivity contribution in [2.24, 2.45) is 0 Å². The van der Waals surface area contributed by atoms with Gasteiger partial charge in [-0.1, -0.05) is 114 Å². The van der Waals surface area contributed by atoms with Crippen LogP contribution in [0.4, 0.5) is 0 Å². The fourth-order valence-corrected chi connectivity index (χ4v) is 5.97. The zero-order chi connectivity index (χ0) is 26.7. The lowest BCUT2D eigenvalue weighted by Gasteiger charge is -2.26. The highest BCUT2D eigenvalue weighted by atomic mass is 16.7. The third kappa shape index (κ3) is 12.5. The Morgan fingerprint density at radius 3 is 2.08 bits per heavy atom. The predicted molar refractivity (Wildman–Crippen MR) is 154 cm³/mol. The Kier molecular flexibility index (Phi) is 16.6. The normalized spacial score (nSPS) is 24.3. The van der Waals surface area contributed by atoms with Gasteiger partial charge in [0.1, 0.15) is 6.79 Å². The van der Waals surface area contributed by atoms with Gasteiger partial charge in [-0.25, -0.2) is 0 Å². The van der Waals surface area contributed by atoms with Crippen molar-refractivity contribution < 1.29 is 23.7 Å². The van der Waals surface area contributed by atoms with Gasteiger partial charge in [-0.2, -0.15) is 0 Å². The summed E-state index contributed by atoms with van der Waals surface area (Å²) in [4.78, 5) is 0. The lowest BCUT2D eigenvalue weighted by Crippen LogP contribution is -2.33. The zero-order valence-electron chi connectivity index (χ0n) is 24.5. The van der Waals surface area contributed by atoms with E-state index in [1.54, 1.807) is 7.11 Å². The first-order valence-corrected chi connectivity index (χ1v) is 15.8. The number of benzene rings is 1. The monoisotopic (exact) mass is 532 g/mol. The van der Waals surface area contributed by atoms with Gasteiger partial charge in [0.05, 0.1) is 43.7 Å². The van der Waals surface area contributed by atoms with E-state index in [9.17, 15) is 0 Å². The summed E-state index contributed by atoms with van der Waals surface area (Å²) >= 11 is 0. The van der Waals surface area contributed by atoms with Crippen LogP contribution in [0.1, 0.15) is 122 Å². The van der Waals surface area contributed by atoms with Crippen LogP contribution in [0, 0.1) is 0 Å². The Morgan fingerprint density at radius 1 is 0.763 bits per heavy atom. The Balaban J connectivity index is 1.25. The Hall–Kier alpha value is -0.980. The topological polar surface area (TPSA) is 46.2 Å². The molecule has 2 saturated heterocycles. The summed E-state index contributed by atoms with van der Waals surface area (Å²) in [5.74, 6) is 0. The van der Waals surface area contributed by atoms with Gasteiger partial charge in [0.2, 0.25) is 0 Å². The smallest absolute Gasteiger partial charge is 0.146 e. The Bertz CT molecular complexity index is 683. The summed E-state index contributed by atoms with van der Waals surface area (Å²) < 4.78 is 30.2. The van der Waals surface area contributed by atoms with Gasteiger partial charge in [0, 0.05) is 7.11 Å². The maximum atomic E-state index is 6.54. The highest BCUT2D eigenvalue weighted by molar-refractivity contribution is 5.13. The zero-order valence-corrected chi connectivity index (χ0v) is 24.5. The molecule has 2 heterocycles. The van der Waals surface area contributed by atoms with Crippen molar-refractivity contribution in [2.75, 3.05) is 20.5 Å². The molecule has 5 nitrogen and oxygen atoms in total. The molecule has 2 aliphatic heterocycles. The van der Waals surface area contributed by atoms with Crippen molar-refractivity contribution in [1.29, 1.82) is 0 Å². The molecule has 2 fully saturated rings. The maximum Gasteiger partial charge on any atom is 0.146 e. The van der Waals surface area contributed by atoms with Crippen molar-refractivity contribution >= 4 is 0 Å². The van der Waals surface area contributed by atoms with Crippen LogP contribution in [0.15, 0.2) is 30.3 Å². The van der Waals surface area contributed by atoms with E-state index < -0.39 is 0 Å². The summed E-state index contributed by atoms with van der Waals surface area (Å²) in [6.07, 6.45) is 22.5. The van der Waals surface area contributed by atoms with E-state index in [2.05, 4.69) is 31.2 Å². The van der Waals surface area contributed by atoms with Gasteiger partial charge in [-0.3, -0.25) is 0 Å². The van der Waals surface area contributed by atoms with Crippen LogP contribution in [0.25, 0.3) is 0 Å².